The number of rotatable bonds is 3. The van der Waals surface area contributed by atoms with Crippen LogP contribution < -0.4 is 5.73 Å². The monoisotopic (exact) mass is 286 g/mol. The predicted molar refractivity (Wildman–Crippen MR) is 81.4 cm³/mol. The predicted octanol–water partition coefficient (Wildman–Crippen LogP) is 3.11. The Hall–Kier alpha value is -1.65. The molecule has 0 radical (unpaired) electrons. The van der Waals surface area contributed by atoms with Crippen molar-refractivity contribution in [3.8, 4) is 0 Å². The first kappa shape index (κ1) is 13.3. The molecule has 4 heteroatoms. The molecule has 2 atom stereocenters. The second-order valence-corrected chi connectivity index (χ2v) is 5.91. The molecule has 1 amide bonds. The van der Waals surface area contributed by atoms with Crippen LogP contribution in [0.4, 0.5) is 0 Å². The lowest BCUT2D eigenvalue weighted by atomic mass is 10.0. The Labute approximate surface area is 123 Å². The molecule has 1 saturated heterocycles. The standard InChI is InChI=1S/C16H18N2OS/c17-15(12-5-2-1-3-6-12)16(19)18-9-4-7-14(18)13-8-10-20-11-13/h1-3,5-6,8,10-11,14-15H,4,7,9,17H2/t14?,15-/m0/s1. The van der Waals surface area contributed by atoms with Crippen molar-refractivity contribution >= 4 is 17.2 Å². The van der Waals surface area contributed by atoms with Crippen LogP contribution in [0.15, 0.2) is 47.2 Å². The third-order valence-electron chi connectivity index (χ3n) is 3.89. The van der Waals surface area contributed by atoms with Crippen molar-refractivity contribution in [3.05, 3.63) is 58.3 Å². The topological polar surface area (TPSA) is 46.3 Å². The van der Waals surface area contributed by atoms with E-state index < -0.39 is 6.04 Å². The molecule has 1 fully saturated rings. The van der Waals surface area contributed by atoms with Crippen molar-refractivity contribution in [2.45, 2.75) is 24.9 Å². The maximum absolute atomic E-state index is 12.7. The summed E-state index contributed by atoms with van der Waals surface area (Å²) in [7, 11) is 0. The van der Waals surface area contributed by atoms with Crippen molar-refractivity contribution in [3.63, 3.8) is 0 Å². The quantitative estimate of drug-likeness (QED) is 0.942. The lowest BCUT2D eigenvalue weighted by Crippen LogP contribution is -2.38. The van der Waals surface area contributed by atoms with E-state index in [0.29, 0.717) is 0 Å². The van der Waals surface area contributed by atoms with Gasteiger partial charge >= 0.3 is 0 Å². The fourth-order valence-electron chi connectivity index (χ4n) is 2.82. The van der Waals surface area contributed by atoms with Crippen LogP contribution in [-0.4, -0.2) is 17.4 Å². The van der Waals surface area contributed by atoms with Crippen molar-refractivity contribution in [2.75, 3.05) is 6.54 Å². The SMILES string of the molecule is N[C@H](C(=O)N1CCCC1c1ccsc1)c1ccccc1. The maximum atomic E-state index is 12.7. The molecule has 3 rings (SSSR count). The number of nitrogens with two attached hydrogens (primary N) is 1. The van der Waals surface area contributed by atoms with Crippen LogP contribution in [0, 0.1) is 0 Å². The minimum absolute atomic E-state index is 0.0323. The van der Waals surface area contributed by atoms with Gasteiger partial charge in [-0.25, -0.2) is 0 Å². The molecule has 1 aromatic carbocycles. The number of nitrogens with zero attached hydrogens (tertiary/aromatic N) is 1. The summed E-state index contributed by atoms with van der Waals surface area (Å²) >= 11 is 1.68. The summed E-state index contributed by atoms with van der Waals surface area (Å²) in [5, 5.41) is 4.19. The molecule has 104 valence electrons. The van der Waals surface area contributed by atoms with E-state index >= 15 is 0 Å². The normalized spacial score (nSPS) is 20.1. The van der Waals surface area contributed by atoms with Crippen LogP contribution >= 0.6 is 11.3 Å². The minimum Gasteiger partial charge on any atom is -0.334 e. The van der Waals surface area contributed by atoms with Gasteiger partial charge in [0.25, 0.3) is 0 Å². The van der Waals surface area contributed by atoms with E-state index in [-0.39, 0.29) is 11.9 Å². The van der Waals surface area contributed by atoms with Crippen LogP contribution in [0.2, 0.25) is 0 Å². The molecular formula is C16H18N2OS. The Kier molecular flexibility index (Phi) is 3.85. The van der Waals surface area contributed by atoms with E-state index in [0.717, 1.165) is 24.9 Å². The van der Waals surface area contributed by atoms with Gasteiger partial charge in [0.1, 0.15) is 6.04 Å². The number of hydrogen-bond donors (Lipinski definition) is 1. The first-order valence-corrected chi connectivity index (χ1v) is 7.85. The van der Waals surface area contributed by atoms with Gasteiger partial charge in [0.15, 0.2) is 0 Å². The second kappa shape index (κ2) is 5.77. The van der Waals surface area contributed by atoms with Gasteiger partial charge in [-0.15, -0.1) is 0 Å². The summed E-state index contributed by atoms with van der Waals surface area (Å²) in [6.45, 7) is 0.805. The summed E-state index contributed by atoms with van der Waals surface area (Å²) in [6.07, 6.45) is 2.08. The van der Waals surface area contributed by atoms with Crippen molar-refractivity contribution in [2.24, 2.45) is 5.73 Å². The molecule has 0 spiro atoms. The Balaban J connectivity index is 1.79. The molecule has 3 nitrogen and oxygen atoms in total. The van der Waals surface area contributed by atoms with E-state index in [2.05, 4.69) is 16.8 Å². The molecule has 1 unspecified atom stereocenters. The second-order valence-electron chi connectivity index (χ2n) is 5.13. The molecule has 20 heavy (non-hydrogen) atoms. The molecule has 0 saturated carbocycles. The zero-order valence-electron chi connectivity index (χ0n) is 11.2. The number of amides is 1. The Bertz CT molecular complexity index is 567. The van der Waals surface area contributed by atoms with Gasteiger partial charge in [-0.3, -0.25) is 4.79 Å². The van der Waals surface area contributed by atoms with Crippen molar-refractivity contribution in [1.29, 1.82) is 0 Å². The molecule has 2 aromatic rings. The van der Waals surface area contributed by atoms with Crippen molar-refractivity contribution < 1.29 is 4.79 Å². The number of benzene rings is 1. The smallest absolute Gasteiger partial charge is 0.244 e. The van der Waals surface area contributed by atoms with Gasteiger partial charge in [0.05, 0.1) is 6.04 Å². The summed E-state index contributed by atoms with van der Waals surface area (Å²) in [5.41, 5.74) is 8.27. The Morgan fingerprint density at radius 1 is 1.30 bits per heavy atom. The Morgan fingerprint density at radius 3 is 2.80 bits per heavy atom. The number of hydrogen-bond acceptors (Lipinski definition) is 3. The highest BCUT2D eigenvalue weighted by Gasteiger charge is 2.33. The van der Waals surface area contributed by atoms with Crippen LogP contribution in [0.1, 0.15) is 36.1 Å². The third-order valence-corrected chi connectivity index (χ3v) is 4.59. The zero-order chi connectivity index (χ0) is 13.9. The lowest BCUT2D eigenvalue weighted by Gasteiger charge is -2.27. The summed E-state index contributed by atoms with van der Waals surface area (Å²) in [6, 6.07) is 11.3. The van der Waals surface area contributed by atoms with E-state index in [4.69, 9.17) is 5.73 Å². The molecule has 0 aliphatic carbocycles. The van der Waals surface area contributed by atoms with Gasteiger partial charge in [0, 0.05) is 6.54 Å². The van der Waals surface area contributed by atoms with Gasteiger partial charge in [-0.05, 0) is 40.8 Å². The van der Waals surface area contributed by atoms with Gasteiger partial charge in [-0.2, -0.15) is 11.3 Å². The first-order valence-electron chi connectivity index (χ1n) is 6.90. The van der Waals surface area contributed by atoms with E-state index in [1.165, 1.54) is 5.56 Å². The molecular weight excluding hydrogens is 268 g/mol. The first-order chi connectivity index (χ1) is 9.77. The van der Waals surface area contributed by atoms with Gasteiger partial charge in [0.2, 0.25) is 5.91 Å². The van der Waals surface area contributed by atoms with Crippen LogP contribution in [-0.2, 0) is 4.79 Å². The zero-order valence-corrected chi connectivity index (χ0v) is 12.1. The van der Waals surface area contributed by atoms with E-state index in [9.17, 15) is 4.79 Å². The highest BCUT2D eigenvalue weighted by Crippen LogP contribution is 2.34. The molecule has 1 aromatic heterocycles. The third kappa shape index (κ3) is 2.49. The van der Waals surface area contributed by atoms with Crippen LogP contribution in [0.3, 0.4) is 0 Å². The maximum Gasteiger partial charge on any atom is 0.244 e. The van der Waals surface area contributed by atoms with Gasteiger partial charge in [-0.1, -0.05) is 30.3 Å². The number of carbonyl (C=O) groups excluding carboxylic acids is 1. The average molecular weight is 286 g/mol. The van der Waals surface area contributed by atoms with E-state index in [1.54, 1.807) is 11.3 Å². The van der Waals surface area contributed by atoms with Crippen LogP contribution in [0.5, 0.6) is 0 Å². The molecule has 0 bridgehead atoms. The summed E-state index contributed by atoms with van der Waals surface area (Å²) in [4.78, 5) is 14.6. The number of thiophene rings is 1. The summed E-state index contributed by atoms with van der Waals surface area (Å²) in [5.74, 6) is 0.0323. The number of likely N-dealkylation sites (tertiary alicyclic amines) is 1. The summed E-state index contributed by atoms with van der Waals surface area (Å²) < 4.78 is 0. The highest BCUT2D eigenvalue weighted by atomic mass is 32.1. The molecule has 1 aliphatic heterocycles. The lowest BCUT2D eigenvalue weighted by molar-refractivity contribution is -0.133. The molecule has 2 heterocycles. The van der Waals surface area contributed by atoms with Crippen LogP contribution in [0.25, 0.3) is 0 Å². The number of carbonyl (C=O) groups is 1. The largest absolute Gasteiger partial charge is 0.334 e. The van der Waals surface area contributed by atoms with E-state index in [1.807, 2.05) is 35.2 Å². The highest BCUT2D eigenvalue weighted by molar-refractivity contribution is 7.07. The molecule has 1 aliphatic rings. The van der Waals surface area contributed by atoms with Crippen molar-refractivity contribution in [1.82, 2.24) is 4.90 Å². The average Bonchev–Trinajstić information content (AvgIpc) is 3.16. The Morgan fingerprint density at radius 2 is 2.10 bits per heavy atom. The molecule has 2 N–H and O–H groups in total. The minimum atomic E-state index is -0.560. The van der Waals surface area contributed by atoms with Gasteiger partial charge < -0.3 is 10.6 Å². The fraction of sp³-hybridized carbons (Fsp3) is 0.312. The fourth-order valence-corrected chi connectivity index (χ4v) is 3.53.